The van der Waals surface area contributed by atoms with E-state index in [-0.39, 0.29) is 6.61 Å². The molecule has 2 aromatic carbocycles. The summed E-state index contributed by atoms with van der Waals surface area (Å²) in [6.07, 6.45) is 0. The largest absolute Gasteiger partial charge is 0.497 e. The minimum Gasteiger partial charge on any atom is -0.497 e. The van der Waals surface area contributed by atoms with E-state index in [1.54, 1.807) is 14.0 Å². The summed E-state index contributed by atoms with van der Waals surface area (Å²) in [5.74, 6) is 0.805. The standard InChI is InChI=1S/C14H16O3/c1-14(16,9-15)12-5-3-11-8-13(17-2)6-4-10(11)7-12/h3-8,15-16H,9H2,1-2H3/t14-/m0/s1. The Balaban J connectivity index is 2.52. The van der Waals surface area contributed by atoms with Crippen molar-refractivity contribution in [3.63, 3.8) is 0 Å². The van der Waals surface area contributed by atoms with Crippen molar-refractivity contribution < 1.29 is 14.9 Å². The number of aliphatic hydroxyl groups excluding tert-OH is 1. The van der Waals surface area contributed by atoms with Gasteiger partial charge in [0.2, 0.25) is 0 Å². The van der Waals surface area contributed by atoms with Crippen molar-refractivity contribution in [2.24, 2.45) is 0 Å². The number of fused-ring (bicyclic) bond motifs is 1. The van der Waals surface area contributed by atoms with Gasteiger partial charge in [-0.25, -0.2) is 0 Å². The summed E-state index contributed by atoms with van der Waals surface area (Å²) in [4.78, 5) is 0. The van der Waals surface area contributed by atoms with Crippen LogP contribution in [0.2, 0.25) is 0 Å². The highest BCUT2D eigenvalue weighted by Crippen LogP contribution is 2.26. The lowest BCUT2D eigenvalue weighted by atomic mass is 9.94. The molecule has 0 saturated carbocycles. The van der Waals surface area contributed by atoms with Crippen LogP contribution in [0.15, 0.2) is 36.4 Å². The van der Waals surface area contributed by atoms with Crippen LogP contribution in [0.1, 0.15) is 12.5 Å². The number of hydrogen-bond acceptors (Lipinski definition) is 3. The van der Waals surface area contributed by atoms with Gasteiger partial charge in [0.1, 0.15) is 11.4 Å². The third kappa shape index (κ3) is 2.25. The molecule has 2 N–H and O–H groups in total. The lowest BCUT2D eigenvalue weighted by molar-refractivity contribution is -0.00217. The third-order valence-electron chi connectivity index (χ3n) is 2.98. The Labute approximate surface area is 100 Å². The van der Waals surface area contributed by atoms with Gasteiger partial charge < -0.3 is 14.9 Å². The Hall–Kier alpha value is -1.58. The molecule has 17 heavy (non-hydrogen) atoms. The van der Waals surface area contributed by atoms with Crippen molar-refractivity contribution in [3.05, 3.63) is 42.0 Å². The van der Waals surface area contributed by atoms with E-state index in [0.717, 1.165) is 16.5 Å². The molecule has 0 aromatic heterocycles. The normalized spacial score (nSPS) is 14.6. The zero-order chi connectivity index (χ0) is 12.5. The summed E-state index contributed by atoms with van der Waals surface area (Å²) in [6, 6.07) is 11.4. The van der Waals surface area contributed by atoms with Gasteiger partial charge in [-0.15, -0.1) is 0 Å². The maximum Gasteiger partial charge on any atom is 0.119 e. The SMILES string of the molecule is COc1ccc2cc([C@@](C)(O)CO)ccc2c1. The molecular formula is C14H16O3. The fraction of sp³-hybridized carbons (Fsp3) is 0.286. The Bertz CT molecular complexity index is 532. The topological polar surface area (TPSA) is 49.7 Å². The van der Waals surface area contributed by atoms with E-state index in [2.05, 4.69) is 0 Å². The predicted molar refractivity (Wildman–Crippen MR) is 67.2 cm³/mol. The number of aliphatic hydroxyl groups is 2. The van der Waals surface area contributed by atoms with Crippen LogP contribution in [0.25, 0.3) is 10.8 Å². The van der Waals surface area contributed by atoms with Crippen LogP contribution in [0.4, 0.5) is 0 Å². The molecule has 0 spiro atoms. The summed E-state index contributed by atoms with van der Waals surface area (Å²) in [5, 5.41) is 21.2. The van der Waals surface area contributed by atoms with Crippen LogP contribution < -0.4 is 4.74 Å². The van der Waals surface area contributed by atoms with Gasteiger partial charge in [0, 0.05) is 0 Å². The van der Waals surface area contributed by atoms with Crippen molar-refractivity contribution in [1.29, 1.82) is 0 Å². The minimum atomic E-state index is -1.20. The molecule has 2 rings (SSSR count). The molecule has 0 radical (unpaired) electrons. The zero-order valence-corrected chi connectivity index (χ0v) is 9.97. The van der Waals surface area contributed by atoms with Crippen molar-refractivity contribution in [2.75, 3.05) is 13.7 Å². The van der Waals surface area contributed by atoms with E-state index in [1.165, 1.54) is 0 Å². The van der Waals surface area contributed by atoms with Gasteiger partial charge in [-0.1, -0.05) is 18.2 Å². The van der Waals surface area contributed by atoms with Gasteiger partial charge in [0.25, 0.3) is 0 Å². The van der Waals surface area contributed by atoms with Gasteiger partial charge in [-0.2, -0.15) is 0 Å². The van der Waals surface area contributed by atoms with E-state index >= 15 is 0 Å². The summed E-state index contributed by atoms with van der Waals surface area (Å²) in [7, 11) is 1.63. The molecule has 0 saturated heterocycles. The fourth-order valence-electron chi connectivity index (χ4n) is 1.78. The van der Waals surface area contributed by atoms with Crippen LogP contribution in [0, 0.1) is 0 Å². The minimum absolute atomic E-state index is 0.297. The molecule has 90 valence electrons. The molecule has 0 aliphatic rings. The zero-order valence-electron chi connectivity index (χ0n) is 9.97. The number of methoxy groups -OCH3 is 1. The van der Waals surface area contributed by atoms with E-state index in [0.29, 0.717) is 5.56 Å². The molecule has 0 aliphatic heterocycles. The number of benzene rings is 2. The van der Waals surface area contributed by atoms with Crippen LogP contribution >= 0.6 is 0 Å². The second-order valence-corrected chi connectivity index (χ2v) is 4.36. The average Bonchev–Trinajstić information content (AvgIpc) is 2.37. The molecule has 0 amide bonds. The van der Waals surface area contributed by atoms with E-state index in [4.69, 9.17) is 9.84 Å². The number of ether oxygens (including phenoxy) is 1. The predicted octanol–water partition coefficient (Wildman–Crippen LogP) is 2.05. The quantitative estimate of drug-likeness (QED) is 0.851. The van der Waals surface area contributed by atoms with Crippen molar-refractivity contribution >= 4 is 10.8 Å². The second-order valence-electron chi connectivity index (χ2n) is 4.36. The molecule has 0 unspecified atom stereocenters. The average molecular weight is 232 g/mol. The lowest BCUT2D eigenvalue weighted by Gasteiger charge is -2.21. The van der Waals surface area contributed by atoms with Crippen molar-refractivity contribution in [2.45, 2.75) is 12.5 Å². The van der Waals surface area contributed by atoms with E-state index < -0.39 is 5.60 Å². The van der Waals surface area contributed by atoms with Gasteiger partial charge in [-0.3, -0.25) is 0 Å². The van der Waals surface area contributed by atoms with Gasteiger partial charge in [-0.05, 0) is 41.5 Å². The fourth-order valence-corrected chi connectivity index (χ4v) is 1.78. The Morgan fingerprint density at radius 1 is 1.12 bits per heavy atom. The van der Waals surface area contributed by atoms with Crippen LogP contribution in [0.3, 0.4) is 0 Å². The third-order valence-corrected chi connectivity index (χ3v) is 2.98. The smallest absolute Gasteiger partial charge is 0.119 e. The van der Waals surface area contributed by atoms with Crippen LogP contribution in [-0.2, 0) is 5.60 Å². The Morgan fingerprint density at radius 2 is 1.76 bits per heavy atom. The summed E-state index contributed by atoms with van der Waals surface area (Å²) < 4.78 is 5.15. The van der Waals surface area contributed by atoms with E-state index in [1.807, 2.05) is 36.4 Å². The first kappa shape index (κ1) is 11.9. The molecule has 0 aliphatic carbocycles. The molecule has 3 nitrogen and oxygen atoms in total. The first-order valence-corrected chi connectivity index (χ1v) is 5.48. The summed E-state index contributed by atoms with van der Waals surface area (Å²) in [5.41, 5.74) is -0.494. The highest BCUT2D eigenvalue weighted by molar-refractivity contribution is 5.84. The number of hydrogen-bond donors (Lipinski definition) is 2. The highest BCUT2D eigenvalue weighted by Gasteiger charge is 2.21. The highest BCUT2D eigenvalue weighted by atomic mass is 16.5. The molecule has 0 heterocycles. The van der Waals surface area contributed by atoms with E-state index in [9.17, 15) is 5.11 Å². The Kier molecular flexibility index (Phi) is 3.05. The second kappa shape index (κ2) is 4.35. The molecule has 0 fully saturated rings. The molecule has 3 heteroatoms. The van der Waals surface area contributed by atoms with Gasteiger partial charge in [0.15, 0.2) is 0 Å². The molecule has 0 bridgehead atoms. The molecular weight excluding hydrogens is 216 g/mol. The summed E-state index contributed by atoms with van der Waals surface area (Å²) >= 11 is 0. The lowest BCUT2D eigenvalue weighted by Crippen LogP contribution is -2.25. The van der Waals surface area contributed by atoms with Crippen LogP contribution in [0.5, 0.6) is 5.75 Å². The maximum absolute atomic E-state index is 9.98. The summed E-state index contributed by atoms with van der Waals surface area (Å²) in [6.45, 7) is 1.30. The van der Waals surface area contributed by atoms with Gasteiger partial charge in [0.05, 0.1) is 13.7 Å². The first-order chi connectivity index (χ1) is 8.06. The first-order valence-electron chi connectivity index (χ1n) is 5.48. The monoisotopic (exact) mass is 232 g/mol. The number of rotatable bonds is 3. The van der Waals surface area contributed by atoms with Crippen molar-refractivity contribution in [1.82, 2.24) is 0 Å². The van der Waals surface area contributed by atoms with Crippen LogP contribution in [-0.4, -0.2) is 23.9 Å². The van der Waals surface area contributed by atoms with Gasteiger partial charge >= 0.3 is 0 Å². The van der Waals surface area contributed by atoms with Crippen molar-refractivity contribution in [3.8, 4) is 5.75 Å². The molecule has 2 aromatic rings. The maximum atomic E-state index is 9.98. The molecule has 1 atom stereocenters. The Morgan fingerprint density at radius 3 is 2.41 bits per heavy atom.